The average molecular weight is 426 g/mol. The quantitative estimate of drug-likeness (QED) is 0.685. The maximum absolute atomic E-state index is 11.7. The van der Waals surface area contributed by atoms with Gasteiger partial charge in [-0.15, -0.1) is 0 Å². The molecule has 164 valence electrons. The Hall–Kier alpha value is -3.40. The number of hydrogen-bond donors (Lipinski definition) is 3. The van der Waals surface area contributed by atoms with Gasteiger partial charge in [0.05, 0.1) is 25.5 Å². The largest absolute Gasteiger partial charge is 0.465 e. The van der Waals surface area contributed by atoms with E-state index in [9.17, 15) is 14.7 Å². The number of nitrogens with one attached hydrogen (secondary N) is 2. The van der Waals surface area contributed by atoms with Crippen LogP contribution in [0.3, 0.4) is 0 Å². The predicted molar refractivity (Wildman–Crippen MR) is 115 cm³/mol. The zero-order valence-corrected chi connectivity index (χ0v) is 17.4. The van der Waals surface area contributed by atoms with Crippen LogP contribution in [0, 0.1) is 0 Å². The van der Waals surface area contributed by atoms with Crippen LogP contribution in [0.2, 0.25) is 0 Å². The Morgan fingerprint density at radius 3 is 2.55 bits per heavy atom. The number of aromatic nitrogens is 2. The summed E-state index contributed by atoms with van der Waals surface area (Å²) >= 11 is 0. The molecule has 2 aliphatic rings. The van der Waals surface area contributed by atoms with E-state index in [1.807, 2.05) is 19.1 Å². The molecule has 1 aromatic heterocycles. The first-order valence-electron chi connectivity index (χ1n) is 10.4. The number of carbonyl (C=O) groups is 2. The number of carbonyl (C=O) groups excluding carboxylic acids is 1. The second-order valence-corrected chi connectivity index (χ2v) is 7.41. The van der Waals surface area contributed by atoms with Gasteiger partial charge >= 0.3 is 12.1 Å². The normalized spacial score (nSPS) is 15.9. The van der Waals surface area contributed by atoms with Gasteiger partial charge in [0.1, 0.15) is 5.82 Å². The Morgan fingerprint density at radius 2 is 1.87 bits per heavy atom. The van der Waals surface area contributed by atoms with Gasteiger partial charge < -0.3 is 30.3 Å². The first kappa shape index (κ1) is 20.9. The van der Waals surface area contributed by atoms with E-state index in [2.05, 4.69) is 15.5 Å². The van der Waals surface area contributed by atoms with Crippen LogP contribution in [0.15, 0.2) is 24.3 Å². The van der Waals surface area contributed by atoms with Gasteiger partial charge in [-0.1, -0.05) is 0 Å². The van der Waals surface area contributed by atoms with Gasteiger partial charge in [-0.2, -0.15) is 0 Å². The van der Waals surface area contributed by atoms with Gasteiger partial charge in [-0.3, -0.25) is 0 Å². The number of carboxylic acid groups (broad SMARTS) is 1. The van der Waals surface area contributed by atoms with E-state index >= 15 is 0 Å². The lowest BCUT2D eigenvalue weighted by molar-refractivity contribution is 0.122. The lowest BCUT2D eigenvalue weighted by atomic mass is 10.0. The molecule has 0 bridgehead atoms. The van der Waals surface area contributed by atoms with Crippen LogP contribution in [0.1, 0.15) is 18.2 Å². The van der Waals surface area contributed by atoms with E-state index in [-0.39, 0.29) is 12.6 Å². The molecule has 10 nitrogen and oxygen atoms in total. The van der Waals surface area contributed by atoms with Crippen molar-refractivity contribution >= 4 is 23.6 Å². The van der Waals surface area contributed by atoms with Crippen LogP contribution < -0.4 is 15.5 Å². The molecule has 3 heterocycles. The second kappa shape index (κ2) is 9.17. The Labute approximate surface area is 180 Å². The SMILES string of the molecule is CCNC(=O)Nc1ccc(-c2nc3c(c(N4CCOCC4)n2)CCN(C(=O)O)C3)cc1. The molecule has 0 atom stereocenters. The minimum absolute atomic E-state index is 0.244. The minimum atomic E-state index is -0.945. The molecule has 0 spiro atoms. The third kappa shape index (κ3) is 4.69. The number of morpholine rings is 1. The second-order valence-electron chi connectivity index (χ2n) is 7.41. The number of ether oxygens (including phenoxy) is 1. The fourth-order valence-corrected chi connectivity index (χ4v) is 3.78. The van der Waals surface area contributed by atoms with Crippen molar-refractivity contribution in [3.63, 3.8) is 0 Å². The monoisotopic (exact) mass is 426 g/mol. The highest BCUT2D eigenvalue weighted by molar-refractivity contribution is 5.89. The molecule has 0 unspecified atom stereocenters. The summed E-state index contributed by atoms with van der Waals surface area (Å²) in [5.74, 6) is 1.40. The molecule has 0 radical (unpaired) electrons. The molecule has 31 heavy (non-hydrogen) atoms. The van der Waals surface area contributed by atoms with Crippen LogP contribution in [0.5, 0.6) is 0 Å². The Kier molecular flexibility index (Phi) is 6.17. The highest BCUT2D eigenvalue weighted by Crippen LogP contribution is 2.30. The fourth-order valence-electron chi connectivity index (χ4n) is 3.78. The molecule has 10 heteroatoms. The van der Waals surface area contributed by atoms with E-state index in [0.29, 0.717) is 44.2 Å². The van der Waals surface area contributed by atoms with E-state index in [0.717, 1.165) is 35.7 Å². The number of hydrogen-bond acceptors (Lipinski definition) is 6. The standard InChI is InChI=1S/C21H26N6O4/c1-2-22-20(28)23-15-5-3-14(4-6-15)18-24-17-13-27(21(29)30)8-7-16(17)19(25-18)26-9-11-31-12-10-26/h3-6H,2,7-13H2,1H3,(H,29,30)(H2,22,23,28). The molecule has 1 saturated heterocycles. The third-order valence-electron chi connectivity index (χ3n) is 5.36. The molecule has 2 aromatic rings. The van der Waals surface area contributed by atoms with Gasteiger partial charge in [-0.05, 0) is 37.6 Å². The Balaban J connectivity index is 1.66. The smallest absolute Gasteiger partial charge is 0.407 e. The Morgan fingerprint density at radius 1 is 1.13 bits per heavy atom. The van der Waals surface area contributed by atoms with Gasteiger partial charge in [-0.25, -0.2) is 19.6 Å². The summed E-state index contributed by atoms with van der Waals surface area (Å²) in [5.41, 5.74) is 3.21. The number of nitrogens with zero attached hydrogens (tertiary/aromatic N) is 4. The minimum Gasteiger partial charge on any atom is -0.465 e. The van der Waals surface area contributed by atoms with Gasteiger partial charge in [0, 0.05) is 43.0 Å². The molecular formula is C21H26N6O4. The van der Waals surface area contributed by atoms with Crippen molar-refractivity contribution in [2.45, 2.75) is 19.9 Å². The van der Waals surface area contributed by atoms with Crippen molar-refractivity contribution in [2.24, 2.45) is 0 Å². The van der Waals surface area contributed by atoms with Crippen molar-refractivity contribution in [3.8, 4) is 11.4 Å². The summed E-state index contributed by atoms with van der Waals surface area (Å²) in [6, 6.07) is 7.04. The number of fused-ring (bicyclic) bond motifs is 1. The van der Waals surface area contributed by atoms with E-state index in [1.54, 1.807) is 12.1 Å². The molecule has 4 rings (SSSR count). The fraction of sp³-hybridized carbons (Fsp3) is 0.429. The summed E-state index contributed by atoms with van der Waals surface area (Å²) in [6.45, 7) is 5.82. The molecule has 0 aliphatic carbocycles. The number of rotatable bonds is 4. The van der Waals surface area contributed by atoms with Crippen molar-refractivity contribution in [3.05, 3.63) is 35.5 Å². The van der Waals surface area contributed by atoms with Crippen molar-refractivity contribution in [1.29, 1.82) is 0 Å². The lowest BCUT2D eigenvalue weighted by Gasteiger charge is -2.33. The first-order chi connectivity index (χ1) is 15.0. The lowest BCUT2D eigenvalue weighted by Crippen LogP contribution is -2.40. The molecule has 3 N–H and O–H groups in total. The first-order valence-corrected chi connectivity index (χ1v) is 10.4. The van der Waals surface area contributed by atoms with Gasteiger partial charge in [0.2, 0.25) is 0 Å². The molecule has 0 saturated carbocycles. The summed E-state index contributed by atoms with van der Waals surface area (Å²) in [5, 5.41) is 14.9. The molecular weight excluding hydrogens is 400 g/mol. The summed E-state index contributed by atoms with van der Waals surface area (Å²) < 4.78 is 5.48. The van der Waals surface area contributed by atoms with Crippen molar-refractivity contribution in [1.82, 2.24) is 20.2 Å². The highest BCUT2D eigenvalue weighted by atomic mass is 16.5. The van der Waals surface area contributed by atoms with E-state index in [1.165, 1.54) is 4.90 Å². The van der Waals surface area contributed by atoms with Crippen LogP contribution in [0.4, 0.5) is 21.1 Å². The predicted octanol–water partition coefficient (Wildman–Crippen LogP) is 2.16. The third-order valence-corrected chi connectivity index (χ3v) is 5.36. The van der Waals surface area contributed by atoms with Crippen molar-refractivity contribution < 1.29 is 19.4 Å². The van der Waals surface area contributed by atoms with Crippen LogP contribution >= 0.6 is 0 Å². The van der Waals surface area contributed by atoms with Crippen LogP contribution in [0.25, 0.3) is 11.4 Å². The summed E-state index contributed by atoms with van der Waals surface area (Å²) in [6.07, 6.45) is -0.358. The van der Waals surface area contributed by atoms with Gasteiger partial charge in [0.15, 0.2) is 5.82 Å². The van der Waals surface area contributed by atoms with Crippen LogP contribution in [-0.4, -0.2) is 71.5 Å². The Bertz CT molecular complexity index is 959. The maximum atomic E-state index is 11.7. The summed E-state index contributed by atoms with van der Waals surface area (Å²) in [4.78, 5) is 36.4. The van der Waals surface area contributed by atoms with Gasteiger partial charge in [0.25, 0.3) is 0 Å². The number of amides is 3. The maximum Gasteiger partial charge on any atom is 0.407 e. The molecule has 1 fully saturated rings. The molecule has 2 aliphatic heterocycles. The van der Waals surface area contributed by atoms with E-state index < -0.39 is 6.09 Å². The average Bonchev–Trinajstić information content (AvgIpc) is 2.79. The number of benzene rings is 1. The number of urea groups is 1. The zero-order valence-electron chi connectivity index (χ0n) is 17.4. The molecule has 3 amide bonds. The van der Waals surface area contributed by atoms with Crippen LogP contribution in [-0.2, 0) is 17.7 Å². The highest BCUT2D eigenvalue weighted by Gasteiger charge is 2.28. The summed E-state index contributed by atoms with van der Waals surface area (Å²) in [7, 11) is 0. The zero-order chi connectivity index (χ0) is 21.8. The van der Waals surface area contributed by atoms with Crippen molar-refractivity contribution in [2.75, 3.05) is 49.6 Å². The van der Waals surface area contributed by atoms with E-state index in [4.69, 9.17) is 14.7 Å². The number of anilines is 2. The topological polar surface area (TPSA) is 120 Å². The molecule has 1 aromatic carbocycles.